The van der Waals surface area contributed by atoms with Crippen molar-refractivity contribution in [2.75, 3.05) is 0 Å². The molecule has 0 saturated carbocycles. The first-order valence-electron chi connectivity index (χ1n) is 6.82. The van der Waals surface area contributed by atoms with Crippen LogP contribution in [-0.4, -0.2) is 0 Å². The molecule has 3 aromatic rings. The Bertz CT molecular complexity index is 573. The van der Waals surface area contributed by atoms with Crippen LogP contribution in [0.15, 0.2) is 42.5 Å². The van der Waals surface area contributed by atoms with Gasteiger partial charge in [-0.15, -0.1) is 29.7 Å². The average molecular weight is 342 g/mol. The largest absolute Gasteiger partial charge is 2.00 e. The van der Waals surface area contributed by atoms with Gasteiger partial charge in [0.15, 0.2) is 0 Å². The normalized spacial score (nSPS) is 9.85. The van der Waals surface area contributed by atoms with E-state index in [1.807, 2.05) is 0 Å². The van der Waals surface area contributed by atoms with Crippen LogP contribution in [0.3, 0.4) is 0 Å². The van der Waals surface area contributed by atoms with Gasteiger partial charge in [-0.1, -0.05) is 40.7 Å². The molecule has 0 heterocycles. The van der Waals surface area contributed by atoms with Gasteiger partial charge in [-0.2, -0.15) is 45.3 Å². The number of hydrogen-bond donors (Lipinski definition) is 0. The topological polar surface area (TPSA) is 0 Å². The standard InChI is InChI=1S/C10H15.C9H7.Zr/c1-6-7(2)9(4)10(5)8(6)3;1-2-5-9-7-3-6-8(9)4-1;/h1-5H3;1-7H;/q2*-1;+2. The molecule has 0 atom stereocenters. The van der Waals surface area contributed by atoms with Gasteiger partial charge < -0.3 is 0 Å². The molecule has 3 rings (SSSR count). The molecule has 20 heavy (non-hydrogen) atoms. The Hall–Kier alpha value is -0.937. The quantitative estimate of drug-likeness (QED) is 0.473. The summed E-state index contributed by atoms with van der Waals surface area (Å²) in [4.78, 5) is 0. The molecule has 0 spiro atoms. The third kappa shape index (κ3) is 3.39. The van der Waals surface area contributed by atoms with Crippen LogP contribution in [0.4, 0.5) is 0 Å². The SMILES string of the molecule is Cc1c(C)c(C)[c-](C)c1C.[Zr+2].c1ccc2[cH-]ccc2c1. The minimum atomic E-state index is 0. The van der Waals surface area contributed by atoms with E-state index in [9.17, 15) is 0 Å². The molecule has 0 bridgehead atoms. The van der Waals surface area contributed by atoms with Gasteiger partial charge in [0.2, 0.25) is 0 Å². The minimum Gasteiger partial charge on any atom is -0.196 e. The molecule has 102 valence electrons. The van der Waals surface area contributed by atoms with Crippen molar-refractivity contribution in [3.05, 3.63) is 70.3 Å². The van der Waals surface area contributed by atoms with Gasteiger partial charge in [0.05, 0.1) is 0 Å². The van der Waals surface area contributed by atoms with Crippen LogP contribution in [0.5, 0.6) is 0 Å². The Morgan fingerprint density at radius 2 is 1.40 bits per heavy atom. The summed E-state index contributed by atoms with van der Waals surface area (Å²) in [5.41, 5.74) is 7.34. The average Bonchev–Trinajstić information content (AvgIpc) is 2.97. The fraction of sp³-hybridized carbons (Fsp3) is 0.263. The summed E-state index contributed by atoms with van der Waals surface area (Å²) >= 11 is 0. The van der Waals surface area contributed by atoms with Gasteiger partial charge in [-0.25, -0.2) is 0 Å². The van der Waals surface area contributed by atoms with E-state index in [4.69, 9.17) is 0 Å². The van der Waals surface area contributed by atoms with Crippen molar-refractivity contribution in [2.45, 2.75) is 34.6 Å². The smallest absolute Gasteiger partial charge is 0.196 e. The molecule has 0 nitrogen and oxygen atoms in total. The van der Waals surface area contributed by atoms with E-state index in [1.165, 1.54) is 38.6 Å². The molecule has 0 aliphatic carbocycles. The Balaban J connectivity index is 0.000000191. The van der Waals surface area contributed by atoms with E-state index >= 15 is 0 Å². The number of benzene rings is 1. The van der Waals surface area contributed by atoms with Crippen LogP contribution < -0.4 is 0 Å². The Labute approximate surface area is 141 Å². The van der Waals surface area contributed by atoms with Crippen LogP contribution in [0.2, 0.25) is 0 Å². The molecule has 0 unspecified atom stereocenters. The third-order valence-electron chi connectivity index (χ3n) is 4.36. The Kier molecular flexibility index (Phi) is 6.14. The van der Waals surface area contributed by atoms with Gasteiger partial charge >= 0.3 is 26.2 Å². The minimum absolute atomic E-state index is 0. The molecule has 0 radical (unpaired) electrons. The second kappa shape index (κ2) is 7.18. The Morgan fingerprint density at radius 1 is 0.850 bits per heavy atom. The zero-order valence-corrected chi connectivity index (χ0v) is 15.5. The van der Waals surface area contributed by atoms with E-state index in [0.29, 0.717) is 0 Å². The van der Waals surface area contributed by atoms with Gasteiger partial charge in [0.25, 0.3) is 0 Å². The van der Waals surface area contributed by atoms with Crippen molar-refractivity contribution in [1.82, 2.24) is 0 Å². The third-order valence-corrected chi connectivity index (χ3v) is 4.36. The first-order chi connectivity index (χ1) is 9.02. The molecule has 0 saturated heterocycles. The molecule has 1 heteroatoms. The van der Waals surface area contributed by atoms with Crippen molar-refractivity contribution in [1.29, 1.82) is 0 Å². The fourth-order valence-electron chi connectivity index (χ4n) is 2.48. The summed E-state index contributed by atoms with van der Waals surface area (Å²) in [6.07, 6.45) is 0. The molecule has 0 N–H and O–H groups in total. The zero-order valence-electron chi connectivity index (χ0n) is 13.0. The van der Waals surface area contributed by atoms with Gasteiger partial charge in [-0.05, 0) is 0 Å². The summed E-state index contributed by atoms with van der Waals surface area (Å²) in [5, 5.41) is 2.66. The maximum Gasteiger partial charge on any atom is 2.00 e. The van der Waals surface area contributed by atoms with Crippen molar-refractivity contribution in [2.24, 2.45) is 0 Å². The first kappa shape index (κ1) is 17.1. The van der Waals surface area contributed by atoms with E-state index in [2.05, 4.69) is 77.1 Å². The molecule has 0 amide bonds. The van der Waals surface area contributed by atoms with Crippen LogP contribution in [-0.2, 0) is 26.2 Å². The summed E-state index contributed by atoms with van der Waals surface area (Å²) in [6, 6.07) is 14.7. The predicted octanol–water partition coefficient (Wildman–Crippen LogP) is 5.50. The van der Waals surface area contributed by atoms with E-state index in [0.717, 1.165) is 0 Å². The molecule has 0 aliphatic heterocycles. The van der Waals surface area contributed by atoms with Crippen LogP contribution in [0.1, 0.15) is 27.8 Å². The molecular weight excluding hydrogens is 319 g/mol. The van der Waals surface area contributed by atoms with Crippen molar-refractivity contribution in [3.8, 4) is 0 Å². The summed E-state index contributed by atoms with van der Waals surface area (Å²) in [7, 11) is 0. The van der Waals surface area contributed by atoms with E-state index in [1.54, 1.807) is 0 Å². The van der Waals surface area contributed by atoms with Crippen molar-refractivity contribution < 1.29 is 26.2 Å². The van der Waals surface area contributed by atoms with Crippen LogP contribution in [0, 0.1) is 34.6 Å². The second-order valence-corrected chi connectivity index (χ2v) is 5.28. The summed E-state index contributed by atoms with van der Waals surface area (Å²) < 4.78 is 0. The number of hydrogen-bond acceptors (Lipinski definition) is 0. The Morgan fingerprint density at radius 3 is 1.85 bits per heavy atom. The molecule has 0 aromatic heterocycles. The number of rotatable bonds is 0. The predicted molar refractivity (Wildman–Crippen MR) is 85.3 cm³/mol. The first-order valence-corrected chi connectivity index (χ1v) is 6.82. The van der Waals surface area contributed by atoms with E-state index in [-0.39, 0.29) is 26.2 Å². The maximum absolute atomic E-state index is 2.20. The van der Waals surface area contributed by atoms with Crippen molar-refractivity contribution >= 4 is 10.8 Å². The van der Waals surface area contributed by atoms with Crippen LogP contribution >= 0.6 is 0 Å². The monoisotopic (exact) mass is 340 g/mol. The number of fused-ring (bicyclic) bond motifs is 1. The molecule has 0 fully saturated rings. The summed E-state index contributed by atoms with van der Waals surface area (Å²) in [5.74, 6) is 0. The molecule has 0 aliphatic rings. The molecule has 3 aromatic carbocycles. The molecular formula is C19H22Zr. The van der Waals surface area contributed by atoms with Gasteiger partial charge in [-0.3, -0.25) is 0 Å². The second-order valence-electron chi connectivity index (χ2n) is 5.28. The van der Waals surface area contributed by atoms with Gasteiger partial charge in [0.1, 0.15) is 0 Å². The van der Waals surface area contributed by atoms with E-state index < -0.39 is 0 Å². The maximum atomic E-state index is 2.20. The fourth-order valence-corrected chi connectivity index (χ4v) is 2.48. The summed E-state index contributed by atoms with van der Waals surface area (Å²) in [6.45, 7) is 11.0. The van der Waals surface area contributed by atoms with Gasteiger partial charge in [0, 0.05) is 0 Å². The van der Waals surface area contributed by atoms with Crippen molar-refractivity contribution in [3.63, 3.8) is 0 Å². The zero-order chi connectivity index (χ0) is 14.0. The van der Waals surface area contributed by atoms with Crippen LogP contribution in [0.25, 0.3) is 10.8 Å².